The predicted molar refractivity (Wildman–Crippen MR) is 128 cm³/mol. The van der Waals surface area contributed by atoms with Gasteiger partial charge in [-0.3, -0.25) is 14.6 Å². The van der Waals surface area contributed by atoms with Crippen molar-refractivity contribution in [2.24, 2.45) is 0 Å². The van der Waals surface area contributed by atoms with E-state index < -0.39 is 0 Å². The first-order valence-electron chi connectivity index (χ1n) is 10.6. The van der Waals surface area contributed by atoms with Gasteiger partial charge < -0.3 is 5.32 Å². The van der Waals surface area contributed by atoms with Gasteiger partial charge in [0.15, 0.2) is 0 Å². The van der Waals surface area contributed by atoms with Gasteiger partial charge in [-0.25, -0.2) is 4.98 Å². The van der Waals surface area contributed by atoms with E-state index in [-0.39, 0.29) is 23.3 Å². The van der Waals surface area contributed by atoms with E-state index in [1.54, 1.807) is 11.3 Å². The minimum atomic E-state index is -0.305. The van der Waals surface area contributed by atoms with E-state index >= 15 is 0 Å². The maximum atomic E-state index is 13.2. The highest BCUT2D eigenvalue weighted by Crippen LogP contribution is 2.29. The molecule has 0 bridgehead atoms. The van der Waals surface area contributed by atoms with Crippen LogP contribution in [0.15, 0.2) is 58.7 Å². The number of H-pyrrole nitrogens is 1. The number of nitrogens with zero attached hydrogens (tertiary/aromatic N) is 3. The van der Waals surface area contributed by atoms with Gasteiger partial charge in [0.25, 0.3) is 5.56 Å². The molecule has 0 aliphatic carbocycles. The maximum Gasteiger partial charge on any atom is 0.255 e. The summed E-state index contributed by atoms with van der Waals surface area (Å²) in [6.07, 6.45) is 1.24. The summed E-state index contributed by atoms with van der Waals surface area (Å²) in [5, 5.41) is 9.63. The van der Waals surface area contributed by atoms with E-state index in [4.69, 9.17) is 0 Å². The van der Waals surface area contributed by atoms with Crippen LogP contribution in [0.5, 0.6) is 0 Å². The summed E-state index contributed by atoms with van der Waals surface area (Å²) in [5.74, 6) is 0.290. The standard InChI is InChI=1S/C24H25N5O2S/c1-4-17-15(3)25-24(27-22(17)30)29-21(14-19(28-29)20-12-9-13-32-20)26-23(31)18(5-2)16-10-7-6-8-11-16/h6-14,18H,4-5H2,1-3H3,(H,26,31)(H,25,27,30). The number of thiophene rings is 1. The first-order valence-corrected chi connectivity index (χ1v) is 11.5. The number of carbonyl (C=O) groups excluding carboxylic acids is 1. The number of aryl methyl sites for hydroxylation is 1. The van der Waals surface area contributed by atoms with Gasteiger partial charge in [0, 0.05) is 17.3 Å². The number of anilines is 1. The van der Waals surface area contributed by atoms with Crippen molar-refractivity contribution in [3.63, 3.8) is 0 Å². The van der Waals surface area contributed by atoms with Crippen molar-refractivity contribution >= 4 is 23.1 Å². The molecular formula is C24H25N5O2S. The number of hydrogen-bond donors (Lipinski definition) is 2. The number of aromatic amines is 1. The minimum absolute atomic E-state index is 0.137. The Morgan fingerprint density at radius 3 is 2.59 bits per heavy atom. The summed E-state index contributed by atoms with van der Waals surface area (Å²) in [6.45, 7) is 5.71. The Bertz CT molecular complexity index is 1280. The van der Waals surface area contributed by atoms with Crippen LogP contribution in [-0.2, 0) is 11.2 Å². The van der Waals surface area contributed by atoms with Gasteiger partial charge in [0.1, 0.15) is 11.5 Å². The average molecular weight is 448 g/mol. The van der Waals surface area contributed by atoms with Gasteiger partial charge in [-0.1, -0.05) is 50.2 Å². The molecular weight excluding hydrogens is 422 g/mol. The Morgan fingerprint density at radius 2 is 1.97 bits per heavy atom. The SMILES string of the molecule is CCc1c(C)nc(-n2nc(-c3cccs3)cc2NC(=O)C(CC)c2ccccc2)[nH]c1=O. The summed E-state index contributed by atoms with van der Waals surface area (Å²) in [5.41, 5.74) is 2.73. The zero-order valence-electron chi connectivity index (χ0n) is 18.3. The van der Waals surface area contributed by atoms with E-state index in [9.17, 15) is 9.59 Å². The van der Waals surface area contributed by atoms with Crippen LogP contribution >= 0.6 is 11.3 Å². The Hall–Kier alpha value is -3.52. The van der Waals surface area contributed by atoms with E-state index in [0.717, 1.165) is 10.4 Å². The van der Waals surface area contributed by atoms with Gasteiger partial charge in [-0.15, -0.1) is 11.3 Å². The molecule has 0 spiro atoms. The zero-order chi connectivity index (χ0) is 22.7. The van der Waals surface area contributed by atoms with Crippen LogP contribution in [0.1, 0.15) is 43.0 Å². The third-order valence-electron chi connectivity index (χ3n) is 5.42. The first kappa shape index (κ1) is 21.7. The molecule has 0 fully saturated rings. The minimum Gasteiger partial charge on any atom is -0.310 e. The lowest BCUT2D eigenvalue weighted by Gasteiger charge is -2.16. The van der Waals surface area contributed by atoms with E-state index in [1.807, 2.05) is 74.7 Å². The Labute approximate surface area is 190 Å². The second-order valence-corrected chi connectivity index (χ2v) is 8.42. The summed E-state index contributed by atoms with van der Waals surface area (Å²) >= 11 is 1.55. The molecule has 1 amide bonds. The lowest BCUT2D eigenvalue weighted by atomic mass is 9.96. The van der Waals surface area contributed by atoms with Crippen LogP contribution in [0.25, 0.3) is 16.5 Å². The van der Waals surface area contributed by atoms with Crippen LogP contribution < -0.4 is 10.9 Å². The van der Waals surface area contributed by atoms with Crippen LogP contribution in [-0.4, -0.2) is 25.7 Å². The molecule has 4 aromatic rings. The molecule has 8 heteroatoms. The fourth-order valence-corrected chi connectivity index (χ4v) is 4.44. The third kappa shape index (κ3) is 4.27. The third-order valence-corrected chi connectivity index (χ3v) is 6.32. The van der Waals surface area contributed by atoms with E-state index in [1.165, 1.54) is 4.68 Å². The molecule has 1 aromatic carbocycles. The lowest BCUT2D eigenvalue weighted by Crippen LogP contribution is -2.24. The second-order valence-electron chi connectivity index (χ2n) is 7.47. The number of hydrogen-bond acceptors (Lipinski definition) is 5. The molecule has 2 N–H and O–H groups in total. The monoisotopic (exact) mass is 447 g/mol. The van der Waals surface area contributed by atoms with Gasteiger partial charge >= 0.3 is 0 Å². The Balaban J connectivity index is 1.76. The van der Waals surface area contributed by atoms with Crippen molar-refractivity contribution in [2.75, 3.05) is 5.32 Å². The van der Waals surface area contributed by atoms with Crippen LogP contribution in [0.2, 0.25) is 0 Å². The molecule has 3 aromatic heterocycles. The Kier molecular flexibility index (Phi) is 6.32. The normalized spacial score (nSPS) is 12.0. The van der Waals surface area contributed by atoms with Crippen molar-refractivity contribution in [3.8, 4) is 16.5 Å². The molecule has 3 heterocycles. The number of benzene rings is 1. The highest BCUT2D eigenvalue weighted by molar-refractivity contribution is 7.13. The van der Waals surface area contributed by atoms with E-state index in [2.05, 4.69) is 20.4 Å². The van der Waals surface area contributed by atoms with Crippen molar-refractivity contribution in [1.29, 1.82) is 0 Å². The maximum absolute atomic E-state index is 13.2. The van der Waals surface area contributed by atoms with E-state index in [0.29, 0.717) is 35.6 Å². The van der Waals surface area contributed by atoms with Gasteiger partial charge in [0.2, 0.25) is 11.9 Å². The first-order chi connectivity index (χ1) is 15.5. The van der Waals surface area contributed by atoms with Crippen molar-refractivity contribution in [3.05, 3.63) is 81.1 Å². The van der Waals surface area contributed by atoms with Crippen molar-refractivity contribution < 1.29 is 4.79 Å². The topological polar surface area (TPSA) is 92.7 Å². The summed E-state index contributed by atoms with van der Waals surface area (Å²) in [6, 6.07) is 15.4. The molecule has 1 atom stereocenters. The largest absolute Gasteiger partial charge is 0.310 e. The summed E-state index contributed by atoms with van der Waals surface area (Å²) in [4.78, 5) is 34.1. The number of amides is 1. The number of aromatic nitrogens is 4. The molecule has 0 aliphatic heterocycles. The van der Waals surface area contributed by atoms with Gasteiger partial charge in [-0.05, 0) is 36.8 Å². The van der Waals surface area contributed by atoms with Crippen LogP contribution in [0, 0.1) is 6.92 Å². The van der Waals surface area contributed by atoms with Gasteiger partial charge in [-0.2, -0.15) is 9.78 Å². The summed E-state index contributed by atoms with van der Waals surface area (Å²) in [7, 11) is 0. The fourth-order valence-electron chi connectivity index (χ4n) is 3.76. The number of carbonyl (C=O) groups is 1. The predicted octanol–water partition coefficient (Wildman–Crippen LogP) is 4.69. The molecule has 32 heavy (non-hydrogen) atoms. The molecule has 164 valence electrons. The molecule has 0 saturated heterocycles. The zero-order valence-corrected chi connectivity index (χ0v) is 19.1. The number of nitrogens with one attached hydrogen (secondary N) is 2. The smallest absolute Gasteiger partial charge is 0.255 e. The molecule has 4 rings (SSSR count). The van der Waals surface area contributed by atoms with Crippen molar-refractivity contribution in [2.45, 2.75) is 39.5 Å². The quantitative estimate of drug-likeness (QED) is 0.430. The van der Waals surface area contributed by atoms with Gasteiger partial charge in [0.05, 0.1) is 10.8 Å². The lowest BCUT2D eigenvalue weighted by molar-refractivity contribution is -0.117. The molecule has 1 unspecified atom stereocenters. The van der Waals surface area contributed by atoms with Crippen LogP contribution in [0.4, 0.5) is 5.82 Å². The molecule has 0 aliphatic rings. The number of rotatable bonds is 7. The van der Waals surface area contributed by atoms with Crippen LogP contribution in [0.3, 0.4) is 0 Å². The second kappa shape index (κ2) is 9.32. The Morgan fingerprint density at radius 1 is 1.19 bits per heavy atom. The molecule has 0 saturated carbocycles. The summed E-state index contributed by atoms with van der Waals surface area (Å²) < 4.78 is 1.50. The molecule has 7 nitrogen and oxygen atoms in total. The fraction of sp³-hybridized carbons (Fsp3) is 0.250. The van der Waals surface area contributed by atoms with Crippen molar-refractivity contribution in [1.82, 2.24) is 19.7 Å². The highest BCUT2D eigenvalue weighted by Gasteiger charge is 2.22. The average Bonchev–Trinajstić information content (AvgIpc) is 3.45. The highest BCUT2D eigenvalue weighted by atomic mass is 32.1. The molecule has 0 radical (unpaired) electrons.